The van der Waals surface area contributed by atoms with E-state index >= 15 is 0 Å². The molecular weight excluding hydrogens is 388 g/mol. The summed E-state index contributed by atoms with van der Waals surface area (Å²) in [6.07, 6.45) is 2.16. The zero-order valence-corrected chi connectivity index (χ0v) is 18.0. The number of aromatic nitrogens is 2. The van der Waals surface area contributed by atoms with Gasteiger partial charge in [-0.15, -0.1) is 0 Å². The maximum absolute atomic E-state index is 13.3. The van der Waals surface area contributed by atoms with Crippen LogP contribution in [0.25, 0.3) is 11.1 Å². The standard InChI is InChI=1S/C25H28N4O2/c1-3-28-14-15-29(25(31)23-12-13-26-27-23)17-21(24(28)30)16-20-6-4-5-7-22(20)19-10-8-18(2)9-11-19/h4-13,21H,3,14-17H2,1-2H3,(H,26,27). The normalized spacial score (nSPS) is 17.0. The van der Waals surface area contributed by atoms with Gasteiger partial charge in [-0.1, -0.05) is 54.1 Å². The molecule has 1 atom stereocenters. The van der Waals surface area contributed by atoms with E-state index in [0.29, 0.717) is 38.3 Å². The van der Waals surface area contributed by atoms with Gasteiger partial charge in [-0.25, -0.2) is 0 Å². The fraction of sp³-hybridized carbons (Fsp3) is 0.320. The molecule has 0 spiro atoms. The third-order valence-corrected chi connectivity index (χ3v) is 5.99. The van der Waals surface area contributed by atoms with Gasteiger partial charge in [0.05, 0.1) is 5.92 Å². The molecule has 1 fully saturated rings. The van der Waals surface area contributed by atoms with Gasteiger partial charge < -0.3 is 9.80 Å². The van der Waals surface area contributed by atoms with Crippen molar-refractivity contribution in [3.05, 3.63) is 77.6 Å². The number of aryl methyl sites for hydroxylation is 1. The molecule has 1 aliphatic heterocycles. The number of H-pyrrole nitrogens is 1. The van der Waals surface area contributed by atoms with Crippen molar-refractivity contribution in [3.63, 3.8) is 0 Å². The second-order valence-electron chi connectivity index (χ2n) is 8.06. The summed E-state index contributed by atoms with van der Waals surface area (Å²) in [5.41, 5.74) is 5.06. The van der Waals surface area contributed by atoms with Crippen LogP contribution >= 0.6 is 0 Å². The topological polar surface area (TPSA) is 69.3 Å². The van der Waals surface area contributed by atoms with Crippen molar-refractivity contribution in [2.24, 2.45) is 5.92 Å². The maximum atomic E-state index is 13.3. The second-order valence-corrected chi connectivity index (χ2v) is 8.06. The molecule has 1 unspecified atom stereocenters. The quantitative estimate of drug-likeness (QED) is 0.692. The highest BCUT2D eigenvalue weighted by Crippen LogP contribution is 2.27. The molecule has 2 aromatic carbocycles. The van der Waals surface area contributed by atoms with Crippen LogP contribution in [0.5, 0.6) is 0 Å². The van der Waals surface area contributed by atoms with E-state index in [-0.39, 0.29) is 17.7 Å². The minimum atomic E-state index is -0.291. The Morgan fingerprint density at radius 3 is 2.58 bits per heavy atom. The summed E-state index contributed by atoms with van der Waals surface area (Å²) >= 11 is 0. The molecule has 1 aromatic heterocycles. The molecule has 1 saturated heterocycles. The number of benzene rings is 2. The first-order valence-corrected chi connectivity index (χ1v) is 10.8. The molecule has 6 nitrogen and oxygen atoms in total. The van der Waals surface area contributed by atoms with Crippen molar-refractivity contribution in [2.75, 3.05) is 26.2 Å². The Morgan fingerprint density at radius 2 is 1.87 bits per heavy atom. The Morgan fingerprint density at radius 1 is 1.10 bits per heavy atom. The Bertz CT molecular complexity index is 1040. The molecule has 1 aliphatic rings. The van der Waals surface area contributed by atoms with Crippen LogP contribution in [0.3, 0.4) is 0 Å². The number of amides is 2. The molecule has 0 bridgehead atoms. The zero-order valence-electron chi connectivity index (χ0n) is 18.0. The van der Waals surface area contributed by atoms with E-state index in [4.69, 9.17) is 0 Å². The molecule has 1 N–H and O–H groups in total. The summed E-state index contributed by atoms with van der Waals surface area (Å²) in [5, 5.41) is 6.65. The van der Waals surface area contributed by atoms with E-state index in [1.165, 1.54) is 5.56 Å². The molecule has 3 aromatic rings. The van der Waals surface area contributed by atoms with E-state index in [2.05, 4.69) is 53.5 Å². The Balaban J connectivity index is 1.63. The lowest BCUT2D eigenvalue weighted by Gasteiger charge is -2.24. The van der Waals surface area contributed by atoms with Gasteiger partial charge in [0.25, 0.3) is 5.91 Å². The van der Waals surface area contributed by atoms with Crippen LogP contribution in [0.2, 0.25) is 0 Å². The Kier molecular flexibility index (Phi) is 6.16. The summed E-state index contributed by atoms with van der Waals surface area (Å²) in [6.45, 7) is 6.17. The summed E-state index contributed by atoms with van der Waals surface area (Å²) in [4.78, 5) is 29.9. The lowest BCUT2D eigenvalue weighted by Crippen LogP contribution is -2.38. The van der Waals surface area contributed by atoms with Gasteiger partial charge in [-0.3, -0.25) is 14.7 Å². The number of rotatable bonds is 5. The predicted molar refractivity (Wildman–Crippen MR) is 121 cm³/mol. The highest BCUT2D eigenvalue weighted by molar-refractivity contribution is 5.93. The molecular formula is C25H28N4O2. The molecule has 0 aliphatic carbocycles. The van der Waals surface area contributed by atoms with Crippen LogP contribution in [0.15, 0.2) is 60.8 Å². The van der Waals surface area contributed by atoms with E-state index in [9.17, 15) is 9.59 Å². The van der Waals surface area contributed by atoms with Gasteiger partial charge in [0.1, 0.15) is 5.69 Å². The molecule has 4 rings (SSSR count). The fourth-order valence-corrected chi connectivity index (χ4v) is 4.22. The molecule has 6 heteroatoms. The molecule has 0 radical (unpaired) electrons. The molecule has 160 valence electrons. The van der Waals surface area contributed by atoms with Crippen LogP contribution in [0.4, 0.5) is 0 Å². The summed E-state index contributed by atoms with van der Waals surface area (Å²) in [7, 11) is 0. The fourth-order valence-electron chi connectivity index (χ4n) is 4.22. The Labute approximate surface area is 182 Å². The monoisotopic (exact) mass is 416 g/mol. The first-order chi connectivity index (χ1) is 15.1. The number of nitrogens with one attached hydrogen (secondary N) is 1. The number of nitrogens with zero attached hydrogens (tertiary/aromatic N) is 3. The number of aromatic amines is 1. The molecule has 31 heavy (non-hydrogen) atoms. The summed E-state index contributed by atoms with van der Waals surface area (Å²) in [5.74, 6) is -0.290. The smallest absolute Gasteiger partial charge is 0.271 e. The van der Waals surface area contributed by atoms with Crippen LogP contribution in [0, 0.1) is 12.8 Å². The van der Waals surface area contributed by atoms with Crippen LogP contribution < -0.4 is 0 Å². The minimum absolute atomic E-state index is 0.111. The highest BCUT2D eigenvalue weighted by Gasteiger charge is 2.32. The summed E-state index contributed by atoms with van der Waals surface area (Å²) in [6, 6.07) is 18.4. The van der Waals surface area contributed by atoms with Crippen LogP contribution in [-0.2, 0) is 11.2 Å². The van der Waals surface area contributed by atoms with Crippen molar-refractivity contribution < 1.29 is 9.59 Å². The average Bonchev–Trinajstić information content (AvgIpc) is 3.28. The lowest BCUT2D eigenvalue weighted by atomic mass is 9.91. The largest absolute Gasteiger partial charge is 0.341 e. The number of carbonyl (C=O) groups is 2. The van der Waals surface area contributed by atoms with Crippen molar-refractivity contribution >= 4 is 11.8 Å². The molecule has 0 saturated carbocycles. The van der Waals surface area contributed by atoms with Crippen molar-refractivity contribution in [1.29, 1.82) is 0 Å². The predicted octanol–water partition coefficient (Wildman–Crippen LogP) is 3.55. The number of carbonyl (C=O) groups excluding carboxylic acids is 2. The van der Waals surface area contributed by atoms with Gasteiger partial charge in [0, 0.05) is 32.4 Å². The van der Waals surface area contributed by atoms with E-state index in [1.807, 2.05) is 24.0 Å². The average molecular weight is 417 g/mol. The van der Waals surface area contributed by atoms with E-state index in [1.54, 1.807) is 17.2 Å². The summed E-state index contributed by atoms with van der Waals surface area (Å²) < 4.78 is 0. The first kappa shape index (κ1) is 20.8. The number of hydrogen-bond acceptors (Lipinski definition) is 3. The number of hydrogen-bond donors (Lipinski definition) is 1. The third-order valence-electron chi connectivity index (χ3n) is 5.99. The van der Waals surface area contributed by atoms with Crippen LogP contribution in [0.1, 0.15) is 28.5 Å². The van der Waals surface area contributed by atoms with E-state index < -0.39 is 0 Å². The van der Waals surface area contributed by atoms with E-state index in [0.717, 1.165) is 16.7 Å². The highest BCUT2D eigenvalue weighted by atomic mass is 16.2. The lowest BCUT2D eigenvalue weighted by molar-refractivity contribution is -0.134. The third kappa shape index (κ3) is 4.53. The van der Waals surface area contributed by atoms with Gasteiger partial charge in [-0.05, 0) is 43.0 Å². The second kappa shape index (κ2) is 9.16. The van der Waals surface area contributed by atoms with Gasteiger partial charge in [-0.2, -0.15) is 5.10 Å². The SMILES string of the molecule is CCN1CCN(C(=O)c2ccn[nH]2)CC(Cc2ccccc2-c2ccc(C)cc2)C1=O. The van der Waals surface area contributed by atoms with Gasteiger partial charge >= 0.3 is 0 Å². The number of likely N-dealkylation sites (N-methyl/N-ethyl adjacent to an activating group) is 1. The van der Waals surface area contributed by atoms with Gasteiger partial charge in [0.15, 0.2) is 0 Å². The molecule has 2 heterocycles. The van der Waals surface area contributed by atoms with Gasteiger partial charge in [0.2, 0.25) is 5.91 Å². The molecule has 2 amide bonds. The minimum Gasteiger partial charge on any atom is -0.341 e. The van der Waals surface area contributed by atoms with Crippen LogP contribution in [-0.4, -0.2) is 58.0 Å². The Hall–Kier alpha value is -3.41. The van der Waals surface area contributed by atoms with Crippen molar-refractivity contribution in [3.8, 4) is 11.1 Å². The first-order valence-electron chi connectivity index (χ1n) is 10.8. The maximum Gasteiger partial charge on any atom is 0.271 e. The zero-order chi connectivity index (χ0) is 21.8. The van der Waals surface area contributed by atoms with Crippen molar-refractivity contribution in [2.45, 2.75) is 20.3 Å². The van der Waals surface area contributed by atoms with Crippen molar-refractivity contribution in [1.82, 2.24) is 20.0 Å².